The van der Waals surface area contributed by atoms with E-state index in [-0.39, 0.29) is 18.2 Å². The Kier molecular flexibility index (Phi) is 3.95. The molecule has 1 aromatic heterocycles. The third kappa shape index (κ3) is 3.11. The molecule has 0 aromatic carbocycles. The van der Waals surface area contributed by atoms with Gasteiger partial charge in [0.05, 0.1) is 16.8 Å². The molecule has 2 aliphatic rings. The van der Waals surface area contributed by atoms with Crippen LogP contribution in [0.2, 0.25) is 5.02 Å². The maximum Gasteiger partial charge on any atom is 0.410 e. The van der Waals surface area contributed by atoms with Crippen LogP contribution >= 0.6 is 11.6 Å². The second kappa shape index (κ2) is 5.55. The highest BCUT2D eigenvalue weighted by atomic mass is 35.5. The van der Waals surface area contributed by atoms with E-state index in [1.165, 1.54) is 5.56 Å². The summed E-state index contributed by atoms with van der Waals surface area (Å²) in [6.07, 6.45) is 0.633. The Morgan fingerprint density at radius 1 is 1.39 bits per heavy atom. The smallest absolute Gasteiger partial charge is 0.410 e. The first-order chi connectivity index (χ1) is 10.7. The van der Waals surface area contributed by atoms with Gasteiger partial charge in [0.15, 0.2) is 0 Å². The molecule has 0 aliphatic carbocycles. The molecule has 0 unspecified atom stereocenters. The number of ether oxygens (including phenoxy) is 1. The van der Waals surface area contributed by atoms with Crippen LogP contribution in [0.1, 0.15) is 39.0 Å². The molecule has 0 bridgehead atoms. The van der Waals surface area contributed by atoms with Crippen molar-refractivity contribution in [2.24, 2.45) is 0 Å². The number of halogens is 1. The first kappa shape index (κ1) is 16.4. The summed E-state index contributed by atoms with van der Waals surface area (Å²) in [6, 6.07) is 2.46. The highest BCUT2D eigenvalue weighted by molar-refractivity contribution is 6.31. The summed E-state index contributed by atoms with van der Waals surface area (Å²) >= 11 is 6.21. The summed E-state index contributed by atoms with van der Waals surface area (Å²) in [4.78, 5) is 21.2. The Labute approximate surface area is 142 Å². The number of hydrogen-bond acceptors (Lipinski definition) is 4. The summed E-state index contributed by atoms with van der Waals surface area (Å²) in [5, 5.41) is 0.709. The Morgan fingerprint density at radius 3 is 2.74 bits per heavy atom. The van der Waals surface area contributed by atoms with Gasteiger partial charge in [0.25, 0.3) is 0 Å². The van der Waals surface area contributed by atoms with Crippen molar-refractivity contribution >= 4 is 23.5 Å². The summed E-state index contributed by atoms with van der Waals surface area (Å²) in [5.41, 5.74) is 1.55. The van der Waals surface area contributed by atoms with Crippen molar-refractivity contribution < 1.29 is 9.53 Å². The van der Waals surface area contributed by atoms with Crippen molar-refractivity contribution in [2.45, 2.75) is 58.7 Å². The molecule has 0 N–H and O–H groups in total. The molecule has 5 nitrogen and oxygen atoms in total. The number of amides is 1. The van der Waals surface area contributed by atoms with Crippen molar-refractivity contribution in [1.29, 1.82) is 0 Å². The minimum absolute atomic E-state index is 0.204. The third-order valence-electron chi connectivity index (χ3n) is 4.34. The lowest BCUT2D eigenvalue weighted by molar-refractivity contribution is 0.0191. The lowest BCUT2D eigenvalue weighted by Crippen LogP contribution is -2.58. The Bertz CT molecular complexity index is 641. The Morgan fingerprint density at radius 2 is 2.09 bits per heavy atom. The topological polar surface area (TPSA) is 45.7 Å². The van der Waals surface area contributed by atoms with Crippen LogP contribution in [0.4, 0.5) is 10.6 Å². The molecule has 0 saturated carbocycles. The predicted octanol–water partition coefficient (Wildman–Crippen LogP) is 3.41. The van der Waals surface area contributed by atoms with Crippen molar-refractivity contribution in [1.82, 2.24) is 9.88 Å². The standard InChI is InChI=1S/C17H24ClN3O2/c1-10-8-20(16(22)23-17(3,4)5)9-13-6-12-7-14(18)11(2)19-15(12)21(10)13/h7,10,13H,6,8-9H2,1-5H3/t10-,13-/m1/s1. The first-order valence-electron chi connectivity index (χ1n) is 8.08. The number of aromatic nitrogens is 1. The summed E-state index contributed by atoms with van der Waals surface area (Å²) in [7, 11) is 0. The lowest BCUT2D eigenvalue weighted by Gasteiger charge is -2.43. The van der Waals surface area contributed by atoms with Gasteiger partial charge in [0.2, 0.25) is 0 Å². The predicted molar refractivity (Wildman–Crippen MR) is 91.2 cm³/mol. The lowest BCUT2D eigenvalue weighted by atomic mass is 10.1. The molecule has 6 heteroatoms. The molecule has 1 saturated heterocycles. The van der Waals surface area contributed by atoms with Crippen LogP contribution < -0.4 is 4.90 Å². The molecule has 2 aliphatic heterocycles. The molecule has 3 rings (SSSR count). The second-order valence-electron chi connectivity index (χ2n) is 7.54. The number of rotatable bonds is 0. The van der Waals surface area contributed by atoms with Gasteiger partial charge < -0.3 is 14.5 Å². The minimum atomic E-state index is -0.470. The zero-order chi connectivity index (χ0) is 16.9. The maximum atomic E-state index is 12.4. The number of nitrogens with zero attached hydrogens (tertiary/aromatic N) is 3. The number of aryl methyl sites for hydroxylation is 1. The normalized spacial score (nSPS) is 23.6. The summed E-state index contributed by atoms with van der Waals surface area (Å²) in [6.45, 7) is 11.0. The van der Waals surface area contributed by atoms with Crippen molar-refractivity contribution in [3.8, 4) is 0 Å². The van der Waals surface area contributed by atoms with E-state index in [4.69, 9.17) is 16.3 Å². The summed E-state index contributed by atoms with van der Waals surface area (Å²) in [5.74, 6) is 1.02. The first-order valence-corrected chi connectivity index (χ1v) is 8.46. The number of anilines is 1. The van der Waals surface area contributed by atoms with Gasteiger partial charge in [-0.05, 0) is 52.7 Å². The highest BCUT2D eigenvalue weighted by Gasteiger charge is 2.41. The van der Waals surface area contributed by atoms with Gasteiger partial charge in [-0.3, -0.25) is 0 Å². The second-order valence-corrected chi connectivity index (χ2v) is 7.95. The molecule has 126 valence electrons. The van der Waals surface area contributed by atoms with Gasteiger partial charge in [-0.1, -0.05) is 11.6 Å². The van der Waals surface area contributed by atoms with E-state index in [0.717, 1.165) is 17.9 Å². The number of carbonyl (C=O) groups excluding carboxylic acids is 1. The molecule has 1 aromatic rings. The number of pyridine rings is 1. The average molecular weight is 338 g/mol. The zero-order valence-electron chi connectivity index (χ0n) is 14.4. The quantitative estimate of drug-likeness (QED) is 0.727. The van der Waals surface area contributed by atoms with Crippen molar-refractivity contribution in [3.63, 3.8) is 0 Å². The van der Waals surface area contributed by atoms with E-state index in [1.54, 1.807) is 0 Å². The van der Waals surface area contributed by atoms with Crippen LogP contribution in [0.3, 0.4) is 0 Å². The number of fused-ring (bicyclic) bond motifs is 3. The van der Waals surface area contributed by atoms with Gasteiger partial charge >= 0.3 is 6.09 Å². The number of piperazine rings is 1. The average Bonchev–Trinajstić information content (AvgIpc) is 2.75. The van der Waals surface area contributed by atoms with E-state index in [0.29, 0.717) is 18.1 Å². The fraction of sp³-hybridized carbons (Fsp3) is 0.647. The highest BCUT2D eigenvalue weighted by Crippen LogP contribution is 2.37. The Balaban J connectivity index is 1.80. The monoisotopic (exact) mass is 337 g/mol. The molecule has 1 fully saturated rings. The molecular formula is C17H24ClN3O2. The van der Waals surface area contributed by atoms with Gasteiger partial charge in [0, 0.05) is 19.1 Å². The molecule has 2 atom stereocenters. The van der Waals surface area contributed by atoms with Crippen LogP contribution in [-0.2, 0) is 11.2 Å². The Hall–Kier alpha value is -1.49. The van der Waals surface area contributed by atoms with E-state index < -0.39 is 5.60 Å². The van der Waals surface area contributed by atoms with Crippen LogP contribution in [0.5, 0.6) is 0 Å². The van der Waals surface area contributed by atoms with Gasteiger partial charge in [0.1, 0.15) is 11.4 Å². The molecule has 23 heavy (non-hydrogen) atoms. The molecular weight excluding hydrogens is 314 g/mol. The van der Waals surface area contributed by atoms with Crippen molar-refractivity contribution in [2.75, 3.05) is 18.0 Å². The van der Waals surface area contributed by atoms with Crippen LogP contribution in [0, 0.1) is 6.92 Å². The van der Waals surface area contributed by atoms with Crippen LogP contribution in [-0.4, -0.2) is 46.8 Å². The number of hydrogen-bond donors (Lipinski definition) is 0. The van der Waals surface area contributed by atoms with E-state index >= 15 is 0 Å². The van der Waals surface area contributed by atoms with Gasteiger partial charge in [-0.15, -0.1) is 0 Å². The SMILES string of the molecule is Cc1nc2c(cc1Cl)C[C@@H]1CN(C(=O)OC(C)(C)C)C[C@@H](C)N21. The van der Waals surface area contributed by atoms with E-state index in [2.05, 4.69) is 16.8 Å². The minimum Gasteiger partial charge on any atom is -0.444 e. The third-order valence-corrected chi connectivity index (χ3v) is 4.73. The van der Waals surface area contributed by atoms with Gasteiger partial charge in [-0.25, -0.2) is 9.78 Å². The largest absolute Gasteiger partial charge is 0.444 e. The van der Waals surface area contributed by atoms with Crippen LogP contribution in [0.25, 0.3) is 0 Å². The molecule has 0 spiro atoms. The number of carbonyl (C=O) groups is 1. The fourth-order valence-electron chi connectivity index (χ4n) is 3.44. The van der Waals surface area contributed by atoms with Crippen molar-refractivity contribution in [3.05, 3.63) is 22.3 Å². The molecule has 1 amide bonds. The maximum absolute atomic E-state index is 12.4. The summed E-state index contributed by atoms with van der Waals surface area (Å²) < 4.78 is 5.52. The zero-order valence-corrected chi connectivity index (χ0v) is 15.1. The van der Waals surface area contributed by atoms with E-state index in [1.807, 2.05) is 38.7 Å². The van der Waals surface area contributed by atoms with Crippen LogP contribution in [0.15, 0.2) is 6.07 Å². The van der Waals surface area contributed by atoms with E-state index in [9.17, 15) is 4.79 Å². The molecule has 0 radical (unpaired) electrons. The van der Waals surface area contributed by atoms with Gasteiger partial charge in [-0.2, -0.15) is 0 Å². The fourth-order valence-corrected chi connectivity index (χ4v) is 3.61. The molecule has 3 heterocycles.